The number of carbonyl (C=O) groups is 2. The van der Waals surface area contributed by atoms with Crippen molar-refractivity contribution >= 4 is 22.5 Å². The van der Waals surface area contributed by atoms with Crippen molar-refractivity contribution < 1.29 is 9.59 Å². The van der Waals surface area contributed by atoms with Gasteiger partial charge in [-0.05, 0) is 12.8 Å². The summed E-state index contributed by atoms with van der Waals surface area (Å²) >= 11 is 0. The largest absolute Gasteiger partial charge is 0.294 e. The molecule has 15 heavy (non-hydrogen) atoms. The Morgan fingerprint density at radius 3 is 1.93 bits per heavy atom. The van der Waals surface area contributed by atoms with E-state index in [1.54, 1.807) is 6.92 Å². The van der Waals surface area contributed by atoms with Gasteiger partial charge in [-0.2, -0.15) is 0 Å². The van der Waals surface area contributed by atoms with Gasteiger partial charge >= 0.3 is 0 Å². The maximum absolute atomic E-state index is 12.2. The normalized spacial score (nSPS) is 20.3. The van der Waals surface area contributed by atoms with E-state index in [4.69, 9.17) is 0 Å². The lowest BCUT2D eigenvalue weighted by atomic mass is 9.88. The van der Waals surface area contributed by atoms with Gasteiger partial charge < -0.3 is 0 Å². The van der Waals surface area contributed by atoms with Gasteiger partial charge in [0.2, 0.25) is 5.25 Å². The van der Waals surface area contributed by atoms with Gasteiger partial charge in [-0.25, -0.2) is 0 Å². The summed E-state index contributed by atoms with van der Waals surface area (Å²) in [5.41, 5.74) is -0.383. The average Bonchev–Trinajstić information content (AvgIpc) is 2.54. The SMILES string of the molecule is CC(=O)C(C(=O)C(C)(C)C)[S+]1CCCC1. The fourth-order valence-corrected chi connectivity index (χ4v) is 4.83. The molecule has 3 heteroatoms. The van der Waals surface area contributed by atoms with Crippen LogP contribution in [0.5, 0.6) is 0 Å². The van der Waals surface area contributed by atoms with Crippen LogP contribution in [0, 0.1) is 5.41 Å². The highest BCUT2D eigenvalue weighted by atomic mass is 32.2. The minimum Gasteiger partial charge on any atom is -0.294 e. The lowest BCUT2D eigenvalue weighted by molar-refractivity contribution is -0.130. The monoisotopic (exact) mass is 229 g/mol. The van der Waals surface area contributed by atoms with Gasteiger partial charge in [0.15, 0.2) is 11.6 Å². The van der Waals surface area contributed by atoms with Gasteiger partial charge in [0.1, 0.15) is 11.5 Å². The summed E-state index contributed by atoms with van der Waals surface area (Å²) in [6.07, 6.45) is 2.37. The molecule has 0 bridgehead atoms. The van der Waals surface area contributed by atoms with Gasteiger partial charge in [0.05, 0.1) is 0 Å². The quantitative estimate of drug-likeness (QED) is 0.548. The highest BCUT2D eigenvalue weighted by Gasteiger charge is 2.46. The lowest BCUT2D eigenvalue weighted by Gasteiger charge is -2.21. The van der Waals surface area contributed by atoms with Crippen LogP contribution in [-0.4, -0.2) is 28.3 Å². The van der Waals surface area contributed by atoms with E-state index >= 15 is 0 Å². The molecular formula is C12H21O2S+. The zero-order valence-corrected chi connectivity index (χ0v) is 10.9. The number of rotatable bonds is 3. The summed E-state index contributed by atoms with van der Waals surface area (Å²) in [5.74, 6) is 2.36. The number of hydrogen-bond donors (Lipinski definition) is 0. The molecule has 0 aromatic carbocycles. The first-order chi connectivity index (χ1) is 6.84. The van der Waals surface area contributed by atoms with Crippen molar-refractivity contribution in [3.8, 4) is 0 Å². The van der Waals surface area contributed by atoms with Crippen LogP contribution in [0.3, 0.4) is 0 Å². The molecule has 2 nitrogen and oxygen atoms in total. The fraction of sp³-hybridized carbons (Fsp3) is 0.833. The molecule has 1 heterocycles. The first-order valence-electron chi connectivity index (χ1n) is 5.55. The molecule has 0 saturated carbocycles. The van der Waals surface area contributed by atoms with Crippen molar-refractivity contribution in [3.63, 3.8) is 0 Å². The molecular weight excluding hydrogens is 208 g/mol. The van der Waals surface area contributed by atoms with E-state index in [0.29, 0.717) is 0 Å². The average molecular weight is 229 g/mol. The first-order valence-corrected chi connectivity index (χ1v) is 7.17. The molecule has 1 aliphatic rings. The van der Waals surface area contributed by atoms with Crippen LogP contribution in [0.2, 0.25) is 0 Å². The van der Waals surface area contributed by atoms with Crippen LogP contribution < -0.4 is 0 Å². The van der Waals surface area contributed by atoms with E-state index in [0.717, 1.165) is 11.5 Å². The second-order valence-electron chi connectivity index (χ2n) is 5.26. The van der Waals surface area contributed by atoms with Crippen LogP contribution in [0.1, 0.15) is 40.5 Å². The molecule has 0 aromatic heterocycles. The highest BCUT2D eigenvalue weighted by molar-refractivity contribution is 7.99. The molecule has 1 unspecified atom stereocenters. The molecule has 0 aromatic rings. The minimum atomic E-state index is -0.383. The zero-order chi connectivity index (χ0) is 11.6. The Hall–Kier alpha value is -0.310. The minimum absolute atomic E-state index is 0.0292. The van der Waals surface area contributed by atoms with Crippen molar-refractivity contribution in [2.45, 2.75) is 45.8 Å². The van der Waals surface area contributed by atoms with Gasteiger partial charge in [-0.1, -0.05) is 20.8 Å². The van der Waals surface area contributed by atoms with Crippen LogP contribution in [-0.2, 0) is 20.5 Å². The Balaban J connectivity index is 2.82. The number of ketones is 2. The predicted octanol–water partition coefficient (Wildman–Crippen LogP) is 1.97. The molecule has 0 amide bonds. The molecule has 0 aliphatic carbocycles. The Bertz CT molecular complexity index is 259. The van der Waals surface area contributed by atoms with Crippen molar-refractivity contribution in [3.05, 3.63) is 0 Å². The standard InChI is InChI=1S/C12H21O2S/c1-9(13)10(11(14)12(2,3)4)15-7-5-6-8-15/h10H,5-8H2,1-4H3/q+1. The summed E-state index contributed by atoms with van der Waals surface area (Å²) in [4.78, 5) is 23.8. The van der Waals surface area contributed by atoms with Crippen LogP contribution in [0.15, 0.2) is 0 Å². The summed E-state index contributed by atoms with van der Waals surface area (Å²) in [6.45, 7) is 7.29. The Kier molecular flexibility index (Phi) is 3.99. The molecule has 1 saturated heterocycles. The summed E-state index contributed by atoms with van der Waals surface area (Å²) in [5, 5.41) is -0.313. The van der Waals surface area contributed by atoms with Crippen LogP contribution in [0.25, 0.3) is 0 Å². The van der Waals surface area contributed by atoms with Gasteiger partial charge in [-0.3, -0.25) is 9.59 Å². The van der Waals surface area contributed by atoms with Crippen molar-refractivity contribution in [2.75, 3.05) is 11.5 Å². The number of carbonyl (C=O) groups excluding carboxylic acids is 2. The second kappa shape index (κ2) is 4.69. The smallest absolute Gasteiger partial charge is 0.233 e. The molecule has 86 valence electrons. The summed E-state index contributed by atoms with van der Waals surface area (Å²) in [7, 11) is 0.0292. The Morgan fingerprint density at radius 1 is 1.13 bits per heavy atom. The van der Waals surface area contributed by atoms with Gasteiger partial charge in [0.25, 0.3) is 0 Å². The van der Waals surface area contributed by atoms with Crippen LogP contribution in [0.4, 0.5) is 0 Å². The molecule has 0 spiro atoms. The fourth-order valence-electron chi connectivity index (χ4n) is 1.88. The third-order valence-electron chi connectivity index (χ3n) is 2.74. The van der Waals surface area contributed by atoms with E-state index in [1.165, 1.54) is 12.8 Å². The Morgan fingerprint density at radius 2 is 1.60 bits per heavy atom. The number of Topliss-reactive ketones (excluding diaryl/α,β-unsaturated/α-hetero) is 2. The lowest BCUT2D eigenvalue weighted by Crippen LogP contribution is -2.43. The maximum atomic E-state index is 12.2. The third-order valence-corrected chi connectivity index (χ3v) is 5.58. The topological polar surface area (TPSA) is 34.1 Å². The van der Waals surface area contributed by atoms with Gasteiger partial charge in [0, 0.05) is 23.2 Å². The number of hydrogen-bond acceptors (Lipinski definition) is 2. The molecule has 1 fully saturated rings. The Labute approximate surface area is 95.2 Å². The summed E-state index contributed by atoms with van der Waals surface area (Å²) in [6, 6.07) is 0. The second-order valence-corrected chi connectivity index (χ2v) is 7.62. The zero-order valence-electron chi connectivity index (χ0n) is 10.1. The molecule has 1 rings (SSSR count). The molecule has 0 N–H and O–H groups in total. The molecule has 1 atom stereocenters. The van der Waals surface area contributed by atoms with E-state index in [-0.39, 0.29) is 33.1 Å². The van der Waals surface area contributed by atoms with Crippen LogP contribution >= 0.6 is 0 Å². The van der Waals surface area contributed by atoms with E-state index < -0.39 is 0 Å². The van der Waals surface area contributed by atoms with E-state index in [9.17, 15) is 9.59 Å². The van der Waals surface area contributed by atoms with Crippen molar-refractivity contribution in [2.24, 2.45) is 5.41 Å². The maximum Gasteiger partial charge on any atom is 0.233 e. The third kappa shape index (κ3) is 3.07. The van der Waals surface area contributed by atoms with Crippen molar-refractivity contribution in [1.29, 1.82) is 0 Å². The first kappa shape index (κ1) is 12.8. The molecule has 0 radical (unpaired) electrons. The highest BCUT2D eigenvalue weighted by Crippen LogP contribution is 2.26. The van der Waals surface area contributed by atoms with Crippen molar-refractivity contribution in [1.82, 2.24) is 0 Å². The summed E-state index contributed by atoms with van der Waals surface area (Å²) < 4.78 is 0. The predicted molar refractivity (Wildman–Crippen MR) is 65.3 cm³/mol. The van der Waals surface area contributed by atoms with Gasteiger partial charge in [-0.15, -0.1) is 0 Å². The van der Waals surface area contributed by atoms with E-state index in [1.807, 2.05) is 20.8 Å². The van der Waals surface area contributed by atoms with E-state index in [2.05, 4.69) is 0 Å². The molecule has 1 aliphatic heterocycles.